The van der Waals surface area contributed by atoms with Crippen molar-refractivity contribution in [3.8, 4) is 0 Å². The van der Waals surface area contributed by atoms with E-state index in [1.165, 1.54) is 0 Å². The molecule has 0 radical (unpaired) electrons. The highest BCUT2D eigenvalue weighted by molar-refractivity contribution is 5.79. The standard InChI is InChI=1S/C14H17NO5/c16-13(17)12(7-6-11-9-19-11)15-14(18)20-8-10-4-2-1-3-5-10/h1-5,11-12H,6-9H2,(H,15,18)(H,16,17)/t11?,12-/m0/s1. The monoisotopic (exact) mass is 279 g/mol. The van der Waals surface area contributed by atoms with E-state index in [9.17, 15) is 9.59 Å². The summed E-state index contributed by atoms with van der Waals surface area (Å²) in [6.07, 6.45) is 0.369. The summed E-state index contributed by atoms with van der Waals surface area (Å²) in [7, 11) is 0. The molecule has 2 atom stereocenters. The lowest BCUT2D eigenvalue weighted by Gasteiger charge is -2.14. The van der Waals surface area contributed by atoms with E-state index < -0.39 is 18.1 Å². The first-order chi connectivity index (χ1) is 9.65. The highest BCUT2D eigenvalue weighted by atomic mass is 16.6. The zero-order valence-electron chi connectivity index (χ0n) is 11.0. The molecule has 1 aromatic carbocycles. The zero-order valence-corrected chi connectivity index (χ0v) is 11.0. The van der Waals surface area contributed by atoms with E-state index in [1.54, 1.807) is 0 Å². The van der Waals surface area contributed by atoms with Crippen LogP contribution < -0.4 is 5.32 Å². The van der Waals surface area contributed by atoms with Gasteiger partial charge in [0.15, 0.2) is 0 Å². The van der Waals surface area contributed by atoms with Crippen molar-refractivity contribution in [2.24, 2.45) is 0 Å². The van der Waals surface area contributed by atoms with Gasteiger partial charge in [0.1, 0.15) is 12.6 Å². The summed E-state index contributed by atoms with van der Waals surface area (Å²) < 4.78 is 10.00. The van der Waals surface area contributed by atoms with E-state index in [1.807, 2.05) is 30.3 Å². The van der Waals surface area contributed by atoms with E-state index >= 15 is 0 Å². The molecular weight excluding hydrogens is 262 g/mol. The summed E-state index contributed by atoms with van der Waals surface area (Å²) in [6, 6.07) is 8.25. The third kappa shape index (κ3) is 4.89. The van der Waals surface area contributed by atoms with Crippen molar-refractivity contribution >= 4 is 12.1 Å². The Balaban J connectivity index is 1.74. The first kappa shape index (κ1) is 14.3. The number of aliphatic carboxylic acids is 1. The van der Waals surface area contributed by atoms with Crippen molar-refractivity contribution in [2.75, 3.05) is 6.61 Å². The summed E-state index contributed by atoms with van der Waals surface area (Å²) in [6.45, 7) is 0.787. The highest BCUT2D eigenvalue weighted by Gasteiger charge is 2.27. The molecule has 1 aliphatic heterocycles. The zero-order chi connectivity index (χ0) is 14.4. The minimum atomic E-state index is -1.07. The summed E-state index contributed by atoms with van der Waals surface area (Å²) >= 11 is 0. The summed E-state index contributed by atoms with van der Waals surface area (Å²) in [5.41, 5.74) is 0.848. The number of epoxide rings is 1. The number of carboxylic acid groups (broad SMARTS) is 1. The van der Waals surface area contributed by atoms with Gasteiger partial charge in [-0.3, -0.25) is 0 Å². The molecule has 2 N–H and O–H groups in total. The number of hydrogen-bond acceptors (Lipinski definition) is 4. The second kappa shape index (κ2) is 6.91. The molecule has 0 spiro atoms. The number of alkyl carbamates (subject to hydrolysis) is 1. The Labute approximate surface area is 116 Å². The minimum absolute atomic E-state index is 0.116. The predicted molar refractivity (Wildman–Crippen MR) is 70.2 cm³/mol. The number of ether oxygens (including phenoxy) is 2. The van der Waals surface area contributed by atoms with Gasteiger partial charge in [0.05, 0.1) is 12.7 Å². The number of rotatable bonds is 7. The van der Waals surface area contributed by atoms with E-state index in [2.05, 4.69) is 5.32 Å². The Morgan fingerprint density at radius 2 is 2.10 bits per heavy atom. The van der Waals surface area contributed by atoms with Gasteiger partial charge in [-0.15, -0.1) is 0 Å². The lowest BCUT2D eigenvalue weighted by molar-refractivity contribution is -0.139. The molecule has 1 aromatic rings. The quantitative estimate of drug-likeness (QED) is 0.739. The summed E-state index contributed by atoms with van der Waals surface area (Å²) in [4.78, 5) is 22.6. The highest BCUT2D eigenvalue weighted by Crippen LogP contribution is 2.16. The number of hydrogen-bond donors (Lipinski definition) is 2. The molecule has 1 aliphatic rings. The average molecular weight is 279 g/mol. The Hall–Kier alpha value is -2.08. The van der Waals surface area contributed by atoms with Crippen molar-refractivity contribution in [3.63, 3.8) is 0 Å². The second-order valence-corrected chi connectivity index (χ2v) is 4.63. The topological polar surface area (TPSA) is 88.2 Å². The number of amides is 1. The van der Waals surface area contributed by atoms with Crippen LogP contribution in [0.3, 0.4) is 0 Å². The van der Waals surface area contributed by atoms with Crippen molar-refractivity contribution in [3.05, 3.63) is 35.9 Å². The van der Waals surface area contributed by atoms with Crippen LogP contribution in [0.15, 0.2) is 30.3 Å². The molecule has 0 saturated carbocycles. The van der Waals surface area contributed by atoms with Gasteiger partial charge in [-0.25, -0.2) is 9.59 Å². The maximum atomic E-state index is 11.6. The van der Waals surface area contributed by atoms with Crippen LogP contribution in [0.25, 0.3) is 0 Å². The molecule has 20 heavy (non-hydrogen) atoms. The number of carbonyl (C=O) groups is 2. The smallest absolute Gasteiger partial charge is 0.408 e. The molecule has 1 heterocycles. The molecule has 2 rings (SSSR count). The van der Waals surface area contributed by atoms with Gasteiger partial charge >= 0.3 is 12.1 Å². The molecule has 0 bridgehead atoms. The molecule has 1 amide bonds. The Morgan fingerprint density at radius 3 is 2.70 bits per heavy atom. The molecule has 0 aromatic heterocycles. The number of carboxylic acids is 1. The van der Waals surface area contributed by atoms with Crippen LogP contribution in [0.4, 0.5) is 4.79 Å². The molecular formula is C14H17NO5. The lowest BCUT2D eigenvalue weighted by Crippen LogP contribution is -2.41. The fraction of sp³-hybridized carbons (Fsp3) is 0.429. The Morgan fingerprint density at radius 1 is 1.40 bits per heavy atom. The minimum Gasteiger partial charge on any atom is -0.480 e. The van der Waals surface area contributed by atoms with Crippen molar-refractivity contribution in [2.45, 2.75) is 31.6 Å². The van der Waals surface area contributed by atoms with Crippen LogP contribution in [-0.2, 0) is 20.9 Å². The predicted octanol–water partition coefficient (Wildman–Crippen LogP) is 1.54. The number of nitrogens with one attached hydrogen (secondary N) is 1. The molecule has 0 aliphatic carbocycles. The molecule has 1 saturated heterocycles. The normalized spacial score (nSPS) is 18.1. The first-order valence-electron chi connectivity index (χ1n) is 6.47. The Kier molecular flexibility index (Phi) is 4.95. The van der Waals surface area contributed by atoms with E-state index in [0.29, 0.717) is 19.4 Å². The van der Waals surface area contributed by atoms with Crippen LogP contribution in [0.1, 0.15) is 18.4 Å². The van der Waals surface area contributed by atoms with E-state index in [-0.39, 0.29) is 12.7 Å². The van der Waals surface area contributed by atoms with E-state index in [0.717, 1.165) is 5.56 Å². The van der Waals surface area contributed by atoms with Crippen LogP contribution in [0, 0.1) is 0 Å². The lowest BCUT2D eigenvalue weighted by atomic mass is 10.1. The van der Waals surface area contributed by atoms with E-state index in [4.69, 9.17) is 14.6 Å². The molecule has 1 fully saturated rings. The van der Waals surface area contributed by atoms with Crippen LogP contribution in [0.5, 0.6) is 0 Å². The van der Waals surface area contributed by atoms with Crippen molar-refractivity contribution in [1.82, 2.24) is 5.32 Å². The van der Waals surface area contributed by atoms with Gasteiger partial charge in [-0.1, -0.05) is 30.3 Å². The van der Waals surface area contributed by atoms with Crippen LogP contribution >= 0.6 is 0 Å². The largest absolute Gasteiger partial charge is 0.480 e. The fourth-order valence-electron chi connectivity index (χ4n) is 1.75. The maximum absolute atomic E-state index is 11.6. The summed E-state index contributed by atoms with van der Waals surface area (Å²) in [5, 5.41) is 11.4. The van der Waals surface area contributed by atoms with Gasteiger partial charge in [-0.05, 0) is 18.4 Å². The van der Waals surface area contributed by atoms with Gasteiger partial charge < -0.3 is 19.9 Å². The van der Waals surface area contributed by atoms with Gasteiger partial charge in [-0.2, -0.15) is 0 Å². The van der Waals surface area contributed by atoms with Crippen LogP contribution in [0.2, 0.25) is 0 Å². The van der Waals surface area contributed by atoms with Gasteiger partial charge in [0.25, 0.3) is 0 Å². The first-order valence-corrected chi connectivity index (χ1v) is 6.47. The fourth-order valence-corrected chi connectivity index (χ4v) is 1.75. The molecule has 108 valence electrons. The molecule has 6 nitrogen and oxygen atoms in total. The van der Waals surface area contributed by atoms with Gasteiger partial charge in [0.2, 0.25) is 0 Å². The number of carbonyl (C=O) groups excluding carboxylic acids is 1. The van der Waals surface area contributed by atoms with Crippen molar-refractivity contribution in [1.29, 1.82) is 0 Å². The maximum Gasteiger partial charge on any atom is 0.408 e. The molecule has 1 unspecified atom stereocenters. The van der Waals surface area contributed by atoms with Crippen LogP contribution in [-0.4, -0.2) is 35.9 Å². The third-order valence-corrected chi connectivity index (χ3v) is 2.98. The average Bonchev–Trinajstić information content (AvgIpc) is 3.26. The second-order valence-electron chi connectivity index (χ2n) is 4.63. The number of benzene rings is 1. The van der Waals surface area contributed by atoms with Crippen molar-refractivity contribution < 1.29 is 24.2 Å². The summed E-state index contributed by atoms with van der Waals surface area (Å²) in [5.74, 6) is -1.07. The SMILES string of the molecule is O=C(N[C@@H](CCC1CO1)C(=O)O)OCc1ccccc1. The van der Waals surface area contributed by atoms with Gasteiger partial charge in [0, 0.05) is 0 Å². The molecule has 6 heteroatoms. The third-order valence-electron chi connectivity index (χ3n) is 2.98. The Bertz CT molecular complexity index is 458.